The van der Waals surface area contributed by atoms with Crippen LogP contribution in [0, 0.1) is 0 Å². The van der Waals surface area contributed by atoms with E-state index in [4.69, 9.17) is 0 Å². The van der Waals surface area contributed by atoms with Crippen molar-refractivity contribution in [3.05, 3.63) is 133 Å². The van der Waals surface area contributed by atoms with E-state index in [2.05, 4.69) is 62.5 Å². The van der Waals surface area contributed by atoms with E-state index < -0.39 is 0 Å². The summed E-state index contributed by atoms with van der Waals surface area (Å²) in [7, 11) is 0. The van der Waals surface area contributed by atoms with Crippen molar-refractivity contribution in [1.82, 2.24) is 15.0 Å². The van der Waals surface area contributed by atoms with Crippen molar-refractivity contribution in [3.63, 3.8) is 0 Å². The molecule has 34 heavy (non-hydrogen) atoms. The molecule has 0 radical (unpaired) electrons. The number of carbonyl (C=O) groups is 1. The Morgan fingerprint density at radius 1 is 0.794 bits per heavy atom. The first-order chi connectivity index (χ1) is 16.8. The molecule has 0 fully saturated rings. The Morgan fingerprint density at radius 2 is 1.44 bits per heavy atom. The lowest BCUT2D eigenvalue weighted by atomic mass is 10.1. The Hall–Kier alpha value is -4.77. The molecule has 0 saturated carbocycles. The van der Waals surface area contributed by atoms with Gasteiger partial charge in [-0.05, 0) is 41.5 Å². The van der Waals surface area contributed by atoms with Gasteiger partial charge >= 0.3 is 0 Å². The van der Waals surface area contributed by atoms with Crippen LogP contribution in [0.2, 0.25) is 0 Å². The third-order valence-electron chi connectivity index (χ3n) is 5.45. The normalized spacial score (nSPS) is 10.9. The fourth-order valence-corrected chi connectivity index (χ4v) is 3.91. The van der Waals surface area contributed by atoms with E-state index in [0.29, 0.717) is 5.56 Å². The van der Waals surface area contributed by atoms with Crippen LogP contribution >= 0.6 is 0 Å². The maximum Gasteiger partial charge on any atom is 0.272 e. The van der Waals surface area contributed by atoms with Gasteiger partial charge in [-0.25, -0.2) is 5.43 Å². The minimum Gasteiger partial charge on any atom is -0.309 e. The predicted molar refractivity (Wildman–Crippen MR) is 136 cm³/mol. The summed E-state index contributed by atoms with van der Waals surface area (Å²) in [4.78, 5) is 16.4. The molecule has 0 aliphatic rings. The Balaban J connectivity index is 1.64. The summed E-state index contributed by atoms with van der Waals surface area (Å²) in [5.41, 5.74) is 9.16. The number of aromatic nitrogens is 2. The summed E-state index contributed by atoms with van der Waals surface area (Å²) in [6.45, 7) is 0. The molecule has 2 heterocycles. The number of rotatable bonds is 6. The summed E-state index contributed by atoms with van der Waals surface area (Å²) in [6, 6.07) is 36.2. The van der Waals surface area contributed by atoms with E-state index in [-0.39, 0.29) is 5.91 Å². The molecule has 5 nitrogen and oxygen atoms in total. The van der Waals surface area contributed by atoms with Crippen molar-refractivity contribution in [3.8, 4) is 28.2 Å². The highest BCUT2D eigenvalue weighted by molar-refractivity contribution is 5.96. The molecule has 2 aromatic heterocycles. The highest BCUT2D eigenvalue weighted by Crippen LogP contribution is 2.35. The molecule has 0 bridgehead atoms. The predicted octanol–water partition coefficient (Wildman–Crippen LogP) is 5.97. The molecule has 0 unspecified atom stereocenters. The summed E-state index contributed by atoms with van der Waals surface area (Å²) in [6.07, 6.45) is 4.84. The molecular formula is C29H22N4O. The molecule has 0 aliphatic carbocycles. The van der Waals surface area contributed by atoms with Crippen molar-refractivity contribution in [1.29, 1.82) is 0 Å². The van der Waals surface area contributed by atoms with Gasteiger partial charge < -0.3 is 4.57 Å². The zero-order valence-corrected chi connectivity index (χ0v) is 18.4. The van der Waals surface area contributed by atoms with E-state index in [1.165, 1.54) is 6.20 Å². The van der Waals surface area contributed by atoms with Crippen LogP contribution in [-0.2, 0) is 0 Å². The van der Waals surface area contributed by atoms with Crippen LogP contribution in [-0.4, -0.2) is 21.7 Å². The molecule has 1 amide bonds. The maximum absolute atomic E-state index is 12.4. The molecule has 0 saturated heterocycles. The second-order valence-electron chi connectivity index (χ2n) is 7.68. The monoisotopic (exact) mass is 442 g/mol. The van der Waals surface area contributed by atoms with E-state index in [0.717, 1.165) is 33.8 Å². The first kappa shape index (κ1) is 21.1. The molecule has 3 aromatic carbocycles. The molecule has 164 valence electrons. The van der Waals surface area contributed by atoms with Crippen molar-refractivity contribution in [2.75, 3.05) is 0 Å². The highest BCUT2D eigenvalue weighted by Gasteiger charge is 2.18. The van der Waals surface area contributed by atoms with Gasteiger partial charge in [-0.2, -0.15) is 5.10 Å². The Labute approximate surface area is 198 Å². The zero-order valence-electron chi connectivity index (χ0n) is 18.4. The number of nitrogens with one attached hydrogen (secondary N) is 1. The summed E-state index contributed by atoms with van der Waals surface area (Å²) >= 11 is 0. The quantitative estimate of drug-likeness (QED) is 0.260. The van der Waals surface area contributed by atoms with Crippen LogP contribution in [0.1, 0.15) is 15.9 Å². The second kappa shape index (κ2) is 9.79. The van der Waals surface area contributed by atoms with Gasteiger partial charge in [-0.15, -0.1) is 0 Å². The van der Waals surface area contributed by atoms with Gasteiger partial charge in [0.1, 0.15) is 0 Å². The smallest absolute Gasteiger partial charge is 0.272 e. The van der Waals surface area contributed by atoms with Gasteiger partial charge in [-0.3, -0.25) is 9.78 Å². The van der Waals surface area contributed by atoms with Gasteiger partial charge in [0.15, 0.2) is 0 Å². The number of amides is 1. The van der Waals surface area contributed by atoms with Crippen LogP contribution in [0.3, 0.4) is 0 Å². The van der Waals surface area contributed by atoms with Crippen LogP contribution in [0.4, 0.5) is 0 Å². The number of hydrogen-bond acceptors (Lipinski definition) is 3. The maximum atomic E-state index is 12.4. The van der Waals surface area contributed by atoms with Crippen molar-refractivity contribution in [2.24, 2.45) is 5.10 Å². The standard InChI is InChI=1S/C29H22N4O/c34-29(24-15-10-18-30-20-24)32-31-21-25-19-27(22-11-4-1-5-12-22)33(26-16-8-3-9-17-26)28(25)23-13-6-2-7-14-23/h1-21H,(H,32,34)/b31-21+. The molecule has 5 aromatic rings. The fourth-order valence-electron chi connectivity index (χ4n) is 3.91. The number of hydrazone groups is 1. The Bertz CT molecular complexity index is 1410. The Kier molecular flexibility index (Phi) is 6.08. The molecule has 0 spiro atoms. The lowest BCUT2D eigenvalue weighted by Gasteiger charge is -2.15. The number of nitrogens with zero attached hydrogens (tertiary/aromatic N) is 3. The topological polar surface area (TPSA) is 59.3 Å². The van der Waals surface area contributed by atoms with Gasteiger partial charge in [0.05, 0.1) is 23.2 Å². The van der Waals surface area contributed by atoms with Crippen LogP contribution < -0.4 is 5.43 Å². The first-order valence-corrected chi connectivity index (χ1v) is 11.0. The summed E-state index contributed by atoms with van der Waals surface area (Å²) < 4.78 is 2.23. The van der Waals surface area contributed by atoms with Gasteiger partial charge in [0.2, 0.25) is 0 Å². The largest absolute Gasteiger partial charge is 0.309 e. The van der Waals surface area contributed by atoms with Gasteiger partial charge in [-0.1, -0.05) is 78.9 Å². The molecule has 1 N–H and O–H groups in total. The molecular weight excluding hydrogens is 420 g/mol. The van der Waals surface area contributed by atoms with Crippen LogP contribution in [0.25, 0.3) is 28.2 Å². The average Bonchev–Trinajstić information content (AvgIpc) is 3.30. The first-order valence-electron chi connectivity index (χ1n) is 11.0. The minimum absolute atomic E-state index is 0.309. The van der Waals surface area contributed by atoms with Crippen molar-refractivity contribution < 1.29 is 4.79 Å². The lowest BCUT2D eigenvalue weighted by molar-refractivity contribution is 0.0955. The van der Waals surface area contributed by atoms with E-state index in [1.54, 1.807) is 24.5 Å². The second-order valence-corrected chi connectivity index (χ2v) is 7.68. The fraction of sp³-hybridized carbons (Fsp3) is 0. The number of para-hydroxylation sites is 1. The number of benzene rings is 3. The lowest BCUT2D eigenvalue weighted by Crippen LogP contribution is -2.17. The Morgan fingerprint density at radius 3 is 2.09 bits per heavy atom. The minimum atomic E-state index is -0.309. The third-order valence-corrected chi connectivity index (χ3v) is 5.45. The molecule has 0 atom stereocenters. The van der Waals surface area contributed by atoms with Gasteiger partial charge in [0, 0.05) is 23.6 Å². The highest BCUT2D eigenvalue weighted by atomic mass is 16.2. The number of carbonyl (C=O) groups excluding carboxylic acids is 1. The average molecular weight is 443 g/mol. The van der Waals surface area contributed by atoms with E-state index >= 15 is 0 Å². The summed E-state index contributed by atoms with van der Waals surface area (Å²) in [5.74, 6) is -0.309. The zero-order chi connectivity index (χ0) is 23.2. The third kappa shape index (κ3) is 4.40. The number of pyridine rings is 1. The van der Waals surface area contributed by atoms with Crippen LogP contribution in [0.5, 0.6) is 0 Å². The van der Waals surface area contributed by atoms with Crippen LogP contribution in [0.15, 0.2) is 127 Å². The van der Waals surface area contributed by atoms with Gasteiger partial charge in [0.25, 0.3) is 5.91 Å². The molecule has 0 aliphatic heterocycles. The molecule has 5 heteroatoms. The van der Waals surface area contributed by atoms with Crippen molar-refractivity contribution >= 4 is 12.1 Å². The number of hydrogen-bond donors (Lipinski definition) is 1. The summed E-state index contributed by atoms with van der Waals surface area (Å²) in [5, 5.41) is 4.28. The van der Waals surface area contributed by atoms with E-state index in [9.17, 15) is 4.79 Å². The molecule has 5 rings (SSSR count). The SMILES string of the molecule is O=C(N/N=C/c1cc(-c2ccccc2)n(-c2ccccc2)c1-c1ccccc1)c1cccnc1. The van der Waals surface area contributed by atoms with E-state index in [1.807, 2.05) is 54.6 Å². The van der Waals surface area contributed by atoms with Crippen molar-refractivity contribution in [2.45, 2.75) is 0 Å².